The predicted octanol–water partition coefficient (Wildman–Crippen LogP) is 2.70. The lowest BCUT2D eigenvalue weighted by molar-refractivity contribution is -0.152. The summed E-state index contributed by atoms with van der Waals surface area (Å²) >= 11 is 0. The second-order valence-electron chi connectivity index (χ2n) is 10.5. The van der Waals surface area contributed by atoms with Gasteiger partial charge in [0.1, 0.15) is 12.2 Å². The molecule has 6 rings (SSSR count). The van der Waals surface area contributed by atoms with Crippen LogP contribution >= 0.6 is 0 Å². The molecule has 2 aromatic carbocycles. The number of amides is 1. The minimum Gasteiger partial charge on any atom is -0.454 e. The van der Waals surface area contributed by atoms with Crippen LogP contribution in [0.2, 0.25) is 0 Å². The molecule has 0 bridgehead atoms. The Bertz CT molecular complexity index is 1560. The Labute approximate surface area is 218 Å². The summed E-state index contributed by atoms with van der Waals surface area (Å²) in [5, 5.41) is 3.63. The van der Waals surface area contributed by atoms with Crippen molar-refractivity contribution in [3.8, 4) is 0 Å². The number of esters is 2. The van der Waals surface area contributed by atoms with Gasteiger partial charge < -0.3 is 9.47 Å². The van der Waals surface area contributed by atoms with Crippen LogP contribution in [-0.2, 0) is 29.5 Å². The van der Waals surface area contributed by atoms with Crippen molar-refractivity contribution in [3.05, 3.63) is 70.3 Å². The summed E-state index contributed by atoms with van der Waals surface area (Å²) in [6.07, 6.45) is -1.39. The molecule has 5 atom stereocenters. The minimum atomic E-state index is -1.20. The van der Waals surface area contributed by atoms with E-state index in [0.717, 1.165) is 0 Å². The molecule has 5 unspecified atom stereocenters. The van der Waals surface area contributed by atoms with Crippen LogP contribution in [0.3, 0.4) is 0 Å². The van der Waals surface area contributed by atoms with Gasteiger partial charge in [-0.1, -0.05) is 44.2 Å². The normalized spacial score (nSPS) is 26.7. The smallest absolute Gasteiger partial charge is 0.330 e. The molecule has 10 nitrogen and oxygen atoms in total. The van der Waals surface area contributed by atoms with E-state index < -0.39 is 47.5 Å². The molecule has 0 saturated carbocycles. The number of rotatable bonds is 4. The molecule has 4 heterocycles. The Morgan fingerprint density at radius 3 is 2.58 bits per heavy atom. The standard InChI is InChI=1S/C28H28N4O6/c1-14(2)22(37-16(4)33)23-30-19-11-7-5-9-17(19)25(35)31(23)21-13-28(38-26(21)36)18-10-6-8-12-20(18)32-24(34)15(3)29-27(28)32/h5-12,14-15,21-22,27,29H,13H2,1-4H3. The van der Waals surface area contributed by atoms with E-state index >= 15 is 0 Å². The molecule has 1 N–H and O–H groups in total. The van der Waals surface area contributed by atoms with Crippen molar-refractivity contribution in [2.45, 2.75) is 64.1 Å². The summed E-state index contributed by atoms with van der Waals surface area (Å²) in [5.41, 5.74) is 0.205. The lowest BCUT2D eigenvalue weighted by atomic mass is 9.88. The number of hydrogen-bond donors (Lipinski definition) is 1. The van der Waals surface area contributed by atoms with Crippen LogP contribution in [0.4, 0.5) is 5.69 Å². The average molecular weight is 517 g/mol. The van der Waals surface area contributed by atoms with Crippen LogP contribution < -0.4 is 15.8 Å². The van der Waals surface area contributed by atoms with Gasteiger partial charge in [0.05, 0.1) is 22.6 Å². The molecule has 1 spiro atoms. The number of nitrogens with zero attached hydrogens (tertiary/aromatic N) is 3. The van der Waals surface area contributed by atoms with Gasteiger partial charge in [-0.25, -0.2) is 9.78 Å². The molecule has 196 valence electrons. The van der Waals surface area contributed by atoms with E-state index in [9.17, 15) is 19.2 Å². The van der Waals surface area contributed by atoms with Gasteiger partial charge in [0, 0.05) is 18.9 Å². The maximum Gasteiger partial charge on any atom is 0.330 e. The van der Waals surface area contributed by atoms with Crippen LogP contribution in [0.1, 0.15) is 57.6 Å². The highest BCUT2D eigenvalue weighted by atomic mass is 16.6. The fourth-order valence-electron chi connectivity index (χ4n) is 6.03. The topological polar surface area (TPSA) is 120 Å². The molecule has 0 radical (unpaired) electrons. The maximum absolute atomic E-state index is 14.0. The van der Waals surface area contributed by atoms with Crippen LogP contribution in [0.15, 0.2) is 53.3 Å². The van der Waals surface area contributed by atoms with Crippen LogP contribution in [0.5, 0.6) is 0 Å². The molecule has 2 saturated heterocycles. The highest BCUT2D eigenvalue weighted by Gasteiger charge is 2.64. The summed E-state index contributed by atoms with van der Waals surface area (Å²) in [6.45, 7) is 6.78. The van der Waals surface area contributed by atoms with Crippen LogP contribution in [0.25, 0.3) is 10.9 Å². The van der Waals surface area contributed by atoms with Gasteiger partial charge in [-0.05, 0) is 31.0 Å². The maximum atomic E-state index is 14.0. The summed E-state index contributed by atoms with van der Waals surface area (Å²) in [4.78, 5) is 59.1. The van der Waals surface area contributed by atoms with E-state index in [1.165, 1.54) is 11.5 Å². The van der Waals surface area contributed by atoms with Crippen molar-refractivity contribution in [3.63, 3.8) is 0 Å². The van der Waals surface area contributed by atoms with E-state index in [1.54, 1.807) is 36.1 Å². The Hall–Kier alpha value is -4.05. The van der Waals surface area contributed by atoms with Crippen molar-refractivity contribution < 1.29 is 23.9 Å². The van der Waals surface area contributed by atoms with Gasteiger partial charge in [0.2, 0.25) is 5.91 Å². The van der Waals surface area contributed by atoms with E-state index in [0.29, 0.717) is 22.2 Å². The van der Waals surface area contributed by atoms with Crippen LogP contribution in [-0.4, -0.2) is 39.6 Å². The molecule has 38 heavy (non-hydrogen) atoms. The van der Waals surface area contributed by atoms with Gasteiger partial charge in [-0.2, -0.15) is 0 Å². The molecule has 2 fully saturated rings. The Morgan fingerprint density at radius 2 is 1.84 bits per heavy atom. The Kier molecular flexibility index (Phi) is 5.43. The van der Waals surface area contributed by atoms with E-state index in [4.69, 9.17) is 14.5 Å². The first kappa shape index (κ1) is 24.3. The van der Waals surface area contributed by atoms with Crippen molar-refractivity contribution in [1.29, 1.82) is 0 Å². The average Bonchev–Trinajstić information content (AvgIpc) is 3.47. The first-order valence-electron chi connectivity index (χ1n) is 12.7. The van der Waals surface area contributed by atoms with Crippen molar-refractivity contribution in [2.75, 3.05) is 4.90 Å². The number of fused-ring (bicyclic) bond motifs is 6. The zero-order valence-electron chi connectivity index (χ0n) is 21.5. The third-order valence-electron chi connectivity index (χ3n) is 7.69. The minimum absolute atomic E-state index is 0.0921. The van der Waals surface area contributed by atoms with Crippen molar-refractivity contribution >= 4 is 34.4 Å². The quantitative estimate of drug-likeness (QED) is 0.526. The number of benzene rings is 2. The largest absolute Gasteiger partial charge is 0.454 e. The zero-order valence-corrected chi connectivity index (χ0v) is 21.5. The molecule has 3 aliphatic heterocycles. The first-order valence-corrected chi connectivity index (χ1v) is 12.7. The van der Waals surface area contributed by atoms with Crippen molar-refractivity contribution in [1.82, 2.24) is 14.9 Å². The number of para-hydroxylation sites is 2. The second-order valence-corrected chi connectivity index (χ2v) is 10.5. The monoisotopic (exact) mass is 516 g/mol. The summed E-state index contributed by atoms with van der Waals surface area (Å²) in [5.74, 6) is -1.29. The number of carbonyl (C=O) groups is 3. The van der Waals surface area contributed by atoms with Crippen LogP contribution in [0, 0.1) is 5.92 Å². The van der Waals surface area contributed by atoms with E-state index in [-0.39, 0.29) is 24.1 Å². The fraction of sp³-hybridized carbons (Fsp3) is 0.393. The lowest BCUT2D eigenvalue weighted by Gasteiger charge is -2.30. The molecule has 1 amide bonds. The predicted molar refractivity (Wildman–Crippen MR) is 137 cm³/mol. The van der Waals surface area contributed by atoms with Gasteiger partial charge in [-0.15, -0.1) is 0 Å². The molecule has 1 aromatic heterocycles. The Balaban J connectivity index is 1.55. The third-order valence-corrected chi connectivity index (χ3v) is 7.69. The molecular weight excluding hydrogens is 488 g/mol. The highest BCUT2D eigenvalue weighted by Crippen LogP contribution is 2.55. The van der Waals surface area contributed by atoms with Crippen molar-refractivity contribution in [2.24, 2.45) is 5.92 Å². The number of aromatic nitrogens is 2. The number of anilines is 1. The Morgan fingerprint density at radius 1 is 1.13 bits per heavy atom. The summed E-state index contributed by atoms with van der Waals surface area (Å²) in [7, 11) is 0. The highest BCUT2D eigenvalue weighted by molar-refractivity contribution is 6.03. The number of ether oxygens (including phenoxy) is 2. The molecule has 3 aliphatic rings. The fourth-order valence-corrected chi connectivity index (χ4v) is 6.03. The number of carbonyl (C=O) groups excluding carboxylic acids is 3. The molecular formula is C28H28N4O6. The van der Waals surface area contributed by atoms with Gasteiger partial charge >= 0.3 is 11.9 Å². The lowest BCUT2D eigenvalue weighted by Crippen LogP contribution is -2.49. The molecule has 10 heteroatoms. The number of hydrogen-bond acceptors (Lipinski definition) is 8. The second kappa shape index (κ2) is 8.49. The first-order chi connectivity index (χ1) is 18.1. The zero-order chi connectivity index (χ0) is 26.9. The van der Waals surface area contributed by atoms with Gasteiger partial charge in [-0.3, -0.25) is 29.2 Å². The molecule has 3 aromatic rings. The summed E-state index contributed by atoms with van der Waals surface area (Å²) in [6, 6.07) is 12.7. The number of nitrogens with one attached hydrogen (secondary N) is 1. The molecule has 0 aliphatic carbocycles. The van der Waals surface area contributed by atoms with E-state index in [2.05, 4.69) is 5.32 Å². The van der Waals surface area contributed by atoms with Gasteiger partial charge in [0.15, 0.2) is 17.5 Å². The summed E-state index contributed by atoms with van der Waals surface area (Å²) < 4.78 is 13.1. The SMILES string of the molecule is CC(=O)OC(c1nc2ccccc2c(=O)n1C1CC2(OC1=O)c1ccccc1N1C(=O)C(C)NC12)C(C)C. The van der Waals surface area contributed by atoms with E-state index in [1.807, 2.05) is 38.1 Å². The van der Waals surface area contributed by atoms with Gasteiger partial charge in [0.25, 0.3) is 5.56 Å². The third kappa shape index (κ3) is 3.32.